The van der Waals surface area contributed by atoms with Gasteiger partial charge in [-0.25, -0.2) is 0 Å². The molecule has 1 heterocycles. The van der Waals surface area contributed by atoms with Gasteiger partial charge in [-0.2, -0.15) is 0 Å². The second kappa shape index (κ2) is 6.45. The number of carbonyl (C=O) groups excluding carboxylic acids is 2. The lowest BCUT2D eigenvalue weighted by atomic mass is 9.97. The number of nitrogens with zero attached hydrogens (tertiary/aromatic N) is 1. The van der Waals surface area contributed by atoms with Crippen LogP contribution in [-0.4, -0.2) is 43.0 Å². The summed E-state index contributed by atoms with van der Waals surface area (Å²) in [5.74, 6) is 0.659. The van der Waals surface area contributed by atoms with Crippen molar-refractivity contribution in [3.63, 3.8) is 0 Å². The summed E-state index contributed by atoms with van der Waals surface area (Å²) in [6.07, 6.45) is 3.42. The molecule has 5 nitrogen and oxygen atoms in total. The van der Waals surface area contributed by atoms with Gasteiger partial charge in [0.1, 0.15) is 5.41 Å². The molecule has 2 saturated carbocycles. The van der Waals surface area contributed by atoms with Crippen LogP contribution >= 0.6 is 0 Å². The number of methoxy groups -OCH3 is 1. The molecule has 1 N–H and O–H groups in total. The molecule has 25 heavy (non-hydrogen) atoms. The monoisotopic (exact) mass is 342 g/mol. The van der Waals surface area contributed by atoms with Crippen LogP contribution in [0.25, 0.3) is 0 Å². The molecule has 0 spiro atoms. The van der Waals surface area contributed by atoms with Crippen LogP contribution in [0.15, 0.2) is 30.3 Å². The van der Waals surface area contributed by atoms with Gasteiger partial charge in [0.25, 0.3) is 0 Å². The summed E-state index contributed by atoms with van der Waals surface area (Å²) in [5, 5.41) is 3.19. The van der Waals surface area contributed by atoms with Gasteiger partial charge < -0.3 is 10.1 Å². The number of hydrogen-bond donors (Lipinski definition) is 1. The minimum Gasteiger partial charge on any atom is -0.468 e. The van der Waals surface area contributed by atoms with Crippen LogP contribution in [0.2, 0.25) is 0 Å². The molecule has 1 saturated heterocycles. The topological polar surface area (TPSA) is 58.6 Å². The van der Waals surface area contributed by atoms with Crippen LogP contribution in [-0.2, 0) is 20.9 Å². The van der Waals surface area contributed by atoms with Crippen LogP contribution in [0.5, 0.6) is 0 Å². The maximum Gasteiger partial charge on any atom is 0.321 e. The molecule has 3 atom stereocenters. The third-order valence-corrected chi connectivity index (χ3v) is 6.26. The van der Waals surface area contributed by atoms with E-state index in [1.165, 1.54) is 12.7 Å². The number of hydrogen-bond acceptors (Lipinski definition) is 4. The van der Waals surface area contributed by atoms with E-state index >= 15 is 0 Å². The van der Waals surface area contributed by atoms with Crippen molar-refractivity contribution >= 4 is 11.9 Å². The Kier molecular flexibility index (Phi) is 4.28. The number of benzene rings is 1. The predicted molar refractivity (Wildman–Crippen MR) is 93.5 cm³/mol. The fourth-order valence-electron chi connectivity index (χ4n) is 4.66. The fraction of sp³-hybridized carbons (Fsp3) is 0.600. The van der Waals surface area contributed by atoms with Crippen molar-refractivity contribution in [2.45, 2.75) is 38.3 Å². The molecule has 134 valence electrons. The van der Waals surface area contributed by atoms with Crippen molar-refractivity contribution in [1.29, 1.82) is 0 Å². The van der Waals surface area contributed by atoms with Gasteiger partial charge in [0, 0.05) is 25.7 Å². The summed E-state index contributed by atoms with van der Waals surface area (Å²) in [4.78, 5) is 27.0. The number of esters is 1. The highest BCUT2D eigenvalue weighted by molar-refractivity contribution is 6.05. The van der Waals surface area contributed by atoms with Crippen LogP contribution in [0.3, 0.4) is 0 Å². The first kappa shape index (κ1) is 16.6. The smallest absolute Gasteiger partial charge is 0.321 e. The Morgan fingerprint density at radius 2 is 1.96 bits per heavy atom. The quantitative estimate of drug-likeness (QED) is 0.656. The van der Waals surface area contributed by atoms with Gasteiger partial charge in [-0.3, -0.25) is 14.5 Å². The number of ether oxygens (including phenoxy) is 1. The molecule has 3 fully saturated rings. The average molecular weight is 342 g/mol. The van der Waals surface area contributed by atoms with Gasteiger partial charge in [-0.05, 0) is 43.1 Å². The standard InChI is InChI=1S/C20H26N2O3/c1-25-19(24)20(9-10-20)18(23)21-17-8-7-15-12-22(13-16(15)17)11-14-5-3-2-4-6-14/h2-6,15-17H,7-13H2,1H3,(H,21,23)/t15-,16-,17+/m0/s1. The molecule has 2 aliphatic carbocycles. The molecule has 1 aromatic rings. The Morgan fingerprint density at radius 3 is 2.64 bits per heavy atom. The number of carbonyl (C=O) groups is 2. The van der Waals surface area contributed by atoms with Crippen LogP contribution in [0.4, 0.5) is 0 Å². The van der Waals surface area contributed by atoms with Gasteiger partial charge in [-0.1, -0.05) is 30.3 Å². The van der Waals surface area contributed by atoms with Gasteiger partial charge in [0.15, 0.2) is 0 Å². The summed E-state index contributed by atoms with van der Waals surface area (Å²) >= 11 is 0. The maximum atomic E-state index is 12.6. The average Bonchev–Trinajstić information content (AvgIpc) is 3.24. The minimum absolute atomic E-state index is 0.119. The zero-order valence-electron chi connectivity index (χ0n) is 14.7. The van der Waals surface area contributed by atoms with Gasteiger partial charge in [0.2, 0.25) is 5.91 Å². The summed E-state index contributed by atoms with van der Waals surface area (Å²) in [7, 11) is 1.36. The highest BCUT2D eigenvalue weighted by Gasteiger charge is 2.58. The summed E-state index contributed by atoms with van der Waals surface area (Å²) in [6, 6.07) is 10.7. The molecule has 1 amide bonds. The molecule has 1 aromatic carbocycles. The number of rotatable bonds is 5. The third kappa shape index (κ3) is 3.06. The van der Waals surface area contributed by atoms with Crippen LogP contribution in [0, 0.1) is 17.3 Å². The third-order valence-electron chi connectivity index (χ3n) is 6.26. The lowest BCUT2D eigenvalue weighted by Crippen LogP contribution is -2.45. The highest BCUT2D eigenvalue weighted by Crippen LogP contribution is 2.48. The summed E-state index contributed by atoms with van der Waals surface area (Å²) in [6.45, 7) is 3.10. The van der Waals surface area contributed by atoms with Crippen molar-refractivity contribution < 1.29 is 14.3 Å². The van der Waals surface area contributed by atoms with Crippen molar-refractivity contribution in [2.75, 3.05) is 20.2 Å². The molecule has 0 radical (unpaired) electrons. The van der Waals surface area contributed by atoms with Crippen LogP contribution in [0.1, 0.15) is 31.2 Å². The van der Waals surface area contributed by atoms with E-state index in [1.807, 2.05) is 6.07 Å². The Labute approximate surface area is 148 Å². The van der Waals surface area contributed by atoms with Crippen molar-refractivity contribution in [1.82, 2.24) is 10.2 Å². The van der Waals surface area contributed by atoms with Crippen LogP contribution < -0.4 is 5.32 Å². The zero-order valence-corrected chi connectivity index (χ0v) is 14.7. The largest absolute Gasteiger partial charge is 0.468 e. The number of likely N-dealkylation sites (tertiary alicyclic amines) is 1. The lowest BCUT2D eigenvalue weighted by molar-refractivity contribution is -0.152. The molecule has 0 bridgehead atoms. The number of fused-ring (bicyclic) bond motifs is 1. The Morgan fingerprint density at radius 1 is 1.20 bits per heavy atom. The van der Waals surface area contributed by atoms with Crippen molar-refractivity contribution in [3.8, 4) is 0 Å². The number of nitrogens with one attached hydrogen (secondary N) is 1. The van der Waals surface area contributed by atoms with Gasteiger partial charge in [0.05, 0.1) is 7.11 Å². The van der Waals surface area contributed by atoms with E-state index in [1.54, 1.807) is 0 Å². The van der Waals surface area contributed by atoms with Gasteiger partial charge in [-0.15, -0.1) is 0 Å². The summed E-state index contributed by atoms with van der Waals surface area (Å²) in [5.41, 5.74) is 0.445. The predicted octanol–water partition coefficient (Wildman–Crippen LogP) is 1.97. The highest BCUT2D eigenvalue weighted by atomic mass is 16.5. The van der Waals surface area contributed by atoms with Crippen molar-refractivity contribution in [2.24, 2.45) is 17.3 Å². The van der Waals surface area contributed by atoms with Gasteiger partial charge >= 0.3 is 5.97 Å². The SMILES string of the molecule is COC(=O)C1(C(=O)N[C@@H]2CC[C@H]3CN(Cc4ccccc4)C[C@@H]32)CC1. The normalized spacial score (nSPS) is 29.9. The maximum absolute atomic E-state index is 12.6. The van der Waals surface area contributed by atoms with E-state index in [0.29, 0.717) is 24.7 Å². The van der Waals surface area contributed by atoms with Crippen molar-refractivity contribution in [3.05, 3.63) is 35.9 Å². The molecule has 5 heteroatoms. The van der Waals surface area contributed by atoms with E-state index in [2.05, 4.69) is 34.5 Å². The zero-order chi connectivity index (χ0) is 17.4. The molecule has 1 aliphatic heterocycles. The van der Waals surface area contributed by atoms with E-state index in [0.717, 1.165) is 32.5 Å². The molecule has 4 rings (SSSR count). The second-order valence-electron chi connectivity index (χ2n) is 7.83. The van der Waals surface area contributed by atoms with E-state index in [-0.39, 0.29) is 17.9 Å². The first-order chi connectivity index (χ1) is 12.1. The molecule has 3 aliphatic rings. The molecular weight excluding hydrogens is 316 g/mol. The first-order valence-corrected chi connectivity index (χ1v) is 9.28. The van der Waals surface area contributed by atoms with E-state index in [4.69, 9.17) is 4.74 Å². The lowest BCUT2D eigenvalue weighted by Gasteiger charge is -2.23. The fourth-order valence-corrected chi connectivity index (χ4v) is 4.66. The first-order valence-electron chi connectivity index (χ1n) is 9.28. The Balaban J connectivity index is 1.36. The number of amides is 1. The summed E-state index contributed by atoms with van der Waals surface area (Å²) < 4.78 is 4.83. The second-order valence-corrected chi connectivity index (χ2v) is 7.83. The van der Waals surface area contributed by atoms with E-state index in [9.17, 15) is 9.59 Å². The Bertz CT molecular complexity index is 656. The Hall–Kier alpha value is -1.88. The minimum atomic E-state index is -0.894. The molecular formula is C20H26N2O3. The molecule has 0 unspecified atom stereocenters. The van der Waals surface area contributed by atoms with E-state index < -0.39 is 5.41 Å². The molecule has 0 aromatic heterocycles.